The van der Waals surface area contributed by atoms with Crippen molar-refractivity contribution >= 4 is 0 Å². The Morgan fingerprint density at radius 3 is 3.00 bits per heavy atom. The predicted molar refractivity (Wildman–Crippen MR) is 53.8 cm³/mol. The van der Waals surface area contributed by atoms with E-state index in [0.717, 1.165) is 12.8 Å². The Morgan fingerprint density at radius 1 is 1.64 bits per heavy atom. The van der Waals surface area contributed by atoms with Crippen molar-refractivity contribution in [2.24, 2.45) is 0 Å². The summed E-state index contributed by atoms with van der Waals surface area (Å²) in [5, 5.41) is 21.4. The summed E-state index contributed by atoms with van der Waals surface area (Å²) in [6.45, 7) is 2.46. The summed E-state index contributed by atoms with van der Waals surface area (Å²) < 4.78 is 5.34. The van der Waals surface area contributed by atoms with Crippen LogP contribution < -0.4 is 5.32 Å². The molecule has 3 N–H and O–H groups in total. The first-order valence-electron chi connectivity index (χ1n) is 4.98. The van der Waals surface area contributed by atoms with Crippen LogP contribution in [0.25, 0.3) is 0 Å². The molecule has 0 spiro atoms. The highest BCUT2D eigenvalue weighted by Gasteiger charge is 2.19. The lowest BCUT2D eigenvalue weighted by Crippen LogP contribution is -2.43. The molecule has 0 aromatic heterocycles. The molecule has 2 atom stereocenters. The van der Waals surface area contributed by atoms with E-state index in [2.05, 4.69) is 5.32 Å². The number of nitrogens with one attached hydrogen (secondary N) is 1. The molecule has 0 aliphatic carbocycles. The van der Waals surface area contributed by atoms with E-state index in [1.165, 1.54) is 0 Å². The molecule has 1 heterocycles. The standard InChI is InChI=1S/C10H19NO3/c1-10(13,8-12)7-11-6-9-4-2-3-5-14-9/h3,5,9,11-13H,2,4,6-8H2,1H3. The summed E-state index contributed by atoms with van der Waals surface area (Å²) in [5.41, 5.74) is -1.04. The Balaban J connectivity index is 2.11. The maximum absolute atomic E-state index is 9.49. The van der Waals surface area contributed by atoms with Crippen LogP contribution in [0, 0.1) is 0 Å². The Bertz CT molecular complexity index is 192. The van der Waals surface area contributed by atoms with Gasteiger partial charge in [0.25, 0.3) is 0 Å². The van der Waals surface area contributed by atoms with Gasteiger partial charge >= 0.3 is 0 Å². The van der Waals surface area contributed by atoms with Crippen molar-refractivity contribution in [3.05, 3.63) is 12.3 Å². The van der Waals surface area contributed by atoms with Crippen LogP contribution >= 0.6 is 0 Å². The highest BCUT2D eigenvalue weighted by atomic mass is 16.5. The summed E-state index contributed by atoms with van der Waals surface area (Å²) in [4.78, 5) is 0. The Kier molecular flexibility index (Phi) is 4.38. The molecule has 14 heavy (non-hydrogen) atoms. The van der Waals surface area contributed by atoms with E-state index in [4.69, 9.17) is 9.84 Å². The number of hydrogen-bond acceptors (Lipinski definition) is 4. The van der Waals surface area contributed by atoms with Gasteiger partial charge in [-0.25, -0.2) is 0 Å². The molecule has 1 aliphatic heterocycles. The van der Waals surface area contributed by atoms with Crippen molar-refractivity contribution in [2.75, 3.05) is 19.7 Å². The van der Waals surface area contributed by atoms with Crippen LogP contribution in [0.2, 0.25) is 0 Å². The lowest BCUT2D eigenvalue weighted by molar-refractivity contribution is -0.0000115. The predicted octanol–water partition coefficient (Wildman–Crippen LogP) is 0.0120. The molecule has 0 fully saturated rings. The van der Waals surface area contributed by atoms with Gasteiger partial charge in [-0.1, -0.05) is 0 Å². The Hall–Kier alpha value is -0.580. The van der Waals surface area contributed by atoms with E-state index < -0.39 is 5.60 Å². The molecule has 0 radical (unpaired) electrons. The Labute approximate surface area is 84.6 Å². The molecular weight excluding hydrogens is 182 g/mol. The number of ether oxygens (including phenoxy) is 1. The molecule has 0 saturated carbocycles. The van der Waals surface area contributed by atoms with Gasteiger partial charge in [0, 0.05) is 13.1 Å². The normalized spacial score (nSPS) is 25.5. The van der Waals surface area contributed by atoms with Crippen LogP contribution in [0.5, 0.6) is 0 Å². The quantitative estimate of drug-likeness (QED) is 0.586. The van der Waals surface area contributed by atoms with Crippen molar-refractivity contribution in [2.45, 2.75) is 31.5 Å². The number of rotatable bonds is 5. The molecule has 0 aromatic rings. The van der Waals surface area contributed by atoms with Gasteiger partial charge in [-0.3, -0.25) is 0 Å². The van der Waals surface area contributed by atoms with Crippen LogP contribution in [-0.4, -0.2) is 41.6 Å². The van der Waals surface area contributed by atoms with Crippen LogP contribution in [0.4, 0.5) is 0 Å². The van der Waals surface area contributed by atoms with Gasteiger partial charge in [0.2, 0.25) is 0 Å². The highest BCUT2D eigenvalue weighted by Crippen LogP contribution is 2.09. The lowest BCUT2D eigenvalue weighted by Gasteiger charge is -2.24. The molecule has 0 amide bonds. The van der Waals surface area contributed by atoms with Crippen LogP contribution in [0.3, 0.4) is 0 Å². The van der Waals surface area contributed by atoms with Crippen molar-refractivity contribution < 1.29 is 14.9 Å². The summed E-state index contributed by atoms with van der Waals surface area (Å²) in [6, 6.07) is 0. The summed E-state index contributed by atoms with van der Waals surface area (Å²) >= 11 is 0. The molecule has 2 unspecified atom stereocenters. The first-order chi connectivity index (χ1) is 6.64. The number of aliphatic hydroxyl groups is 2. The van der Waals surface area contributed by atoms with E-state index in [-0.39, 0.29) is 12.7 Å². The first kappa shape index (κ1) is 11.5. The van der Waals surface area contributed by atoms with Gasteiger partial charge < -0.3 is 20.3 Å². The fraction of sp³-hybridized carbons (Fsp3) is 0.800. The highest BCUT2D eigenvalue weighted by molar-refractivity contribution is 4.83. The third kappa shape index (κ3) is 4.09. The van der Waals surface area contributed by atoms with Crippen molar-refractivity contribution in [3.8, 4) is 0 Å². The zero-order chi connectivity index (χ0) is 10.4. The van der Waals surface area contributed by atoms with E-state index in [0.29, 0.717) is 13.1 Å². The molecule has 0 saturated heterocycles. The Morgan fingerprint density at radius 2 is 2.43 bits per heavy atom. The second-order valence-corrected chi connectivity index (χ2v) is 3.99. The zero-order valence-electron chi connectivity index (χ0n) is 8.57. The second-order valence-electron chi connectivity index (χ2n) is 3.99. The summed E-state index contributed by atoms with van der Waals surface area (Å²) in [5.74, 6) is 0. The van der Waals surface area contributed by atoms with Gasteiger partial charge in [0.05, 0.1) is 18.5 Å². The maximum Gasteiger partial charge on any atom is 0.110 e. The fourth-order valence-corrected chi connectivity index (χ4v) is 1.29. The monoisotopic (exact) mass is 201 g/mol. The van der Waals surface area contributed by atoms with Gasteiger partial charge in [0.1, 0.15) is 6.10 Å². The van der Waals surface area contributed by atoms with Gasteiger partial charge in [0.15, 0.2) is 0 Å². The van der Waals surface area contributed by atoms with Crippen molar-refractivity contribution in [1.82, 2.24) is 5.32 Å². The average Bonchev–Trinajstić information content (AvgIpc) is 2.19. The molecule has 1 aliphatic rings. The third-order valence-electron chi connectivity index (χ3n) is 2.24. The van der Waals surface area contributed by atoms with Crippen LogP contribution in [0.1, 0.15) is 19.8 Å². The first-order valence-corrected chi connectivity index (χ1v) is 4.98. The molecule has 0 bridgehead atoms. The maximum atomic E-state index is 9.49. The van der Waals surface area contributed by atoms with Crippen LogP contribution in [0.15, 0.2) is 12.3 Å². The lowest BCUT2D eigenvalue weighted by atomic mass is 10.1. The molecule has 82 valence electrons. The average molecular weight is 201 g/mol. The van der Waals surface area contributed by atoms with Crippen molar-refractivity contribution in [3.63, 3.8) is 0 Å². The van der Waals surface area contributed by atoms with Gasteiger partial charge in [-0.15, -0.1) is 0 Å². The topological polar surface area (TPSA) is 61.7 Å². The van der Waals surface area contributed by atoms with E-state index in [9.17, 15) is 5.11 Å². The smallest absolute Gasteiger partial charge is 0.110 e. The number of hydrogen-bond donors (Lipinski definition) is 3. The third-order valence-corrected chi connectivity index (χ3v) is 2.24. The minimum Gasteiger partial charge on any atom is -0.497 e. The largest absolute Gasteiger partial charge is 0.497 e. The summed E-state index contributed by atoms with van der Waals surface area (Å²) in [7, 11) is 0. The van der Waals surface area contributed by atoms with Gasteiger partial charge in [-0.05, 0) is 25.8 Å². The van der Waals surface area contributed by atoms with E-state index in [1.807, 2.05) is 6.08 Å². The summed E-state index contributed by atoms with van der Waals surface area (Å²) in [6.07, 6.45) is 5.96. The van der Waals surface area contributed by atoms with Crippen molar-refractivity contribution in [1.29, 1.82) is 0 Å². The zero-order valence-corrected chi connectivity index (χ0v) is 8.57. The number of aliphatic hydroxyl groups excluding tert-OH is 1. The SMILES string of the molecule is CC(O)(CO)CNCC1CCC=CO1. The minimum absolute atomic E-state index is 0.189. The molecule has 1 rings (SSSR count). The second kappa shape index (κ2) is 5.34. The van der Waals surface area contributed by atoms with E-state index in [1.54, 1.807) is 13.2 Å². The van der Waals surface area contributed by atoms with E-state index >= 15 is 0 Å². The van der Waals surface area contributed by atoms with Crippen LogP contribution in [-0.2, 0) is 4.74 Å². The number of allylic oxidation sites excluding steroid dienone is 1. The molecule has 0 aromatic carbocycles. The molecule has 4 heteroatoms. The fourth-order valence-electron chi connectivity index (χ4n) is 1.29. The molecular formula is C10H19NO3. The minimum atomic E-state index is -1.04. The van der Waals surface area contributed by atoms with Gasteiger partial charge in [-0.2, -0.15) is 0 Å². The molecule has 4 nitrogen and oxygen atoms in total.